The highest BCUT2D eigenvalue weighted by Crippen LogP contribution is 2.36. The third kappa shape index (κ3) is 3.40. The van der Waals surface area contributed by atoms with Crippen molar-refractivity contribution in [2.45, 2.75) is 12.5 Å². The molecule has 1 heterocycles. The second kappa shape index (κ2) is 6.27. The van der Waals surface area contributed by atoms with E-state index in [4.69, 9.17) is 34.8 Å². The van der Waals surface area contributed by atoms with Crippen LogP contribution >= 0.6 is 46.1 Å². The van der Waals surface area contributed by atoms with Gasteiger partial charge in [-0.25, -0.2) is 0 Å². The van der Waals surface area contributed by atoms with Crippen LogP contribution in [0, 0.1) is 0 Å². The number of hydrogen-bond donors (Lipinski definition) is 1. The quantitative estimate of drug-likeness (QED) is 0.815. The summed E-state index contributed by atoms with van der Waals surface area (Å²) in [7, 11) is 1.92. The van der Waals surface area contributed by atoms with E-state index in [1.807, 2.05) is 37.4 Å². The Kier molecular flexibility index (Phi) is 4.93. The topological polar surface area (TPSA) is 12.0 Å². The summed E-state index contributed by atoms with van der Waals surface area (Å²) >= 11 is 19.4. The molecule has 0 aliphatic heterocycles. The van der Waals surface area contributed by atoms with Gasteiger partial charge in [0.15, 0.2) is 0 Å². The minimum atomic E-state index is 0.155. The van der Waals surface area contributed by atoms with E-state index in [0.29, 0.717) is 4.34 Å². The minimum absolute atomic E-state index is 0.155. The maximum atomic E-state index is 6.18. The van der Waals surface area contributed by atoms with Crippen LogP contribution in [0.3, 0.4) is 0 Å². The maximum Gasteiger partial charge on any atom is 0.0992 e. The molecule has 1 N–H and O–H groups in total. The van der Waals surface area contributed by atoms with Crippen LogP contribution < -0.4 is 5.32 Å². The van der Waals surface area contributed by atoms with Gasteiger partial charge in [-0.15, -0.1) is 11.3 Å². The monoisotopic (exact) mass is 319 g/mol. The van der Waals surface area contributed by atoms with Gasteiger partial charge in [0.2, 0.25) is 0 Å². The van der Waals surface area contributed by atoms with Gasteiger partial charge in [-0.3, -0.25) is 0 Å². The number of thiophene rings is 1. The number of nitrogens with one attached hydrogen (secondary N) is 1. The molecule has 0 spiro atoms. The molecule has 5 heteroatoms. The smallest absolute Gasteiger partial charge is 0.0992 e. The average Bonchev–Trinajstić information content (AvgIpc) is 2.68. The van der Waals surface area contributed by atoms with Crippen LogP contribution in [0.4, 0.5) is 0 Å². The molecule has 1 aromatic heterocycles. The zero-order chi connectivity index (χ0) is 13.1. The molecule has 1 unspecified atom stereocenters. The summed E-state index contributed by atoms with van der Waals surface area (Å²) in [6.45, 7) is 0. The van der Waals surface area contributed by atoms with Crippen molar-refractivity contribution < 1.29 is 0 Å². The summed E-state index contributed by atoms with van der Waals surface area (Å²) in [4.78, 5) is 0. The van der Waals surface area contributed by atoms with Gasteiger partial charge in [0.1, 0.15) is 0 Å². The molecule has 1 aromatic carbocycles. The molecule has 1 atom stereocenters. The Labute approximate surface area is 126 Å². The Morgan fingerprint density at radius 3 is 2.33 bits per heavy atom. The standard InChI is InChI=1S/C13H12Cl3NS/c1-17-11(10-7-12(15)18-13(10)16)6-8-2-4-9(14)5-3-8/h2-5,7,11,17H,6H2,1H3. The molecule has 0 saturated heterocycles. The lowest BCUT2D eigenvalue weighted by Crippen LogP contribution is -2.18. The molecule has 0 aliphatic carbocycles. The summed E-state index contributed by atoms with van der Waals surface area (Å²) < 4.78 is 1.46. The van der Waals surface area contributed by atoms with E-state index in [2.05, 4.69) is 5.32 Å². The Morgan fingerprint density at radius 2 is 1.83 bits per heavy atom. The van der Waals surface area contributed by atoms with Crippen molar-refractivity contribution >= 4 is 46.1 Å². The summed E-state index contributed by atoms with van der Waals surface area (Å²) in [6.07, 6.45) is 0.848. The molecular weight excluding hydrogens is 309 g/mol. The largest absolute Gasteiger partial charge is 0.313 e. The van der Waals surface area contributed by atoms with Crippen LogP contribution in [0.1, 0.15) is 17.2 Å². The molecule has 0 aliphatic rings. The lowest BCUT2D eigenvalue weighted by atomic mass is 10.0. The highest BCUT2D eigenvalue weighted by atomic mass is 35.5. The van der Waals surface area contributed by atoms with Gasteiger partial charge in [-0.1, -0.05) is 46.9 Å². The van der Waals surface area contributed by atoms with E-state index < -0.39 is 0 Å². The molecule has 0 fully saturated rings. The van der Waals surface area contributed by atoms with E-state index >= 15 is 0 Å². The van der Waals surface area contributed by atoms with E-state index in [9.17, 15) is 0 Å². The van der Waals surface area contributed by atoms with Gasteiger partial charge in [-0.2, -0.15) is 0 Å². The SMILES string of the molecule is CNC(Cc1ccc(Cl)cc1)c1cc(Cl)sc1Cl. The van der Waals surface area contributed by atoms with Crippen LogP contribution in [0.25, 0.3) is 0 Å². The van der Waals surface area contributed by atoms with Crippen LogP contribution in [0.15, 0.2) is 30.3 Å². The van der Waals surface area contributed by atoms with Crippen molar-refractivity contribution in [3.8, 4) is 0 Å². The first-order chi connectivity index (χ1) is 8.60. The summed E-state index contributed by atoms with van der Waals surface area (Å²) in [5, 5.41) is 4.01. The van der Waals surface area contributed by atoms with Crippen LogP contribution in [-0.2, 0) is 6.42 Å². The molecule has 96 valence electrons. The fraction of sp³-hybridized carbons (Fsp3) is 0.231. The molecule has 0 saturated carbocycles. The highest BCUT2D eigenvalue weighted by molar-refractivity contribution is 7.20. The molecule has 0 bridgehead atoms. The molecule has 2 rings (SSSR count). The van der Waals surface area contributed by atoms with E-state index in [0.717, 1.165) is 21.3 Å². The van der Waals surface area contributed by atoms with Crippen LogP contribution in [0.5, 0.6) is 0 Å². The van der Waals surface area contributed by atoms with Gasteiger partial charge in [0, 0.05) is 16.6 Å². The molecule has 18 heavy (non-hydrogen) atoms. The lowest BCUT2D eigenvalue weighted by molar-refractivity contribution is 0.594. The number of halogens is 3. The van der Waals surface area contributed by atoms with E-state index in [-0.39, 0.29) is 6.04 Å². The normalized spacial score (nSPS) is 12.7. The van der Waals surface area contributed by atoms with Gasteiger partial charge in [-0.05, 0) is 37.2 Å². The second-order valence-corrected chi connectivity index (χ2v) is 6.67. The number of rotatable bonds is 4. The van der Waals surface area contributed by atoms with Crippen molar-refractivity contribution in [3.05, 3.63) is 55.2 Å². The first kappa shape index (κ1) is 14.2. The number of likely N-dealkylation sites (N-methyl/N-ethyl adjacent to an activating group) is 1. The lowest BCUT2D eigenvalue weighted by Gasteiger charge is -2.15. The summed E-state index contributed by atoms with van der Waals surface area (Å²) in [5.74, 6) is 0. The average molecular weight is 321 g/mol. The predicted molar refractivity (Wildman–Crippen MR) is 81.3 cm³/mol. The Hall–Kier alpha value is -0.250. The fourth-order valence-electron chi connectivity index (χ4n) is 1.81. The van der Waals surface area contributed by atoms with Crippen molar-refractivity contribution in [3.63, 3.8) is 0 Å². The summed E-state index contributed by atoms with van der Waals surface area (Å²) in [5.41, 5.74) is 2.25. The molecular formula is C13H12Cl3NS. The van der Waals surface area contributed by atoms with E-state index in [1.165, 1.54) is 16.9 Å². The fourth-order valence-corrected chi connectivity index (χ4v) is 3.52. The van der Waals surface area contributed by atoms with Crippen molar-refractivity contribution in [2.75, 3.05) is 7.05 Å². The zero-order valence-corrected chi connectivity index (χ0v) is 12.8. The predicted octanol–water partition coefficient (Wildman–Crippen LogP) is 5.21. The van der Waals surface area contributed by atoms with Gasteiger partial charge < -0.3 is 5.32 Å². The third-order valence-corrected chi connectivity index (χ3v) is 4.53. The van der Waals surface area contributed by atoms with Gasteiger partial charge >= 0.3 is 0 Å². The molecule has 0 radical (unpaired) electrons. The first-order valence-corrected chi connectivity index (χ1v) is 7.41. The molecule has 1 nitrogen and oxygen atoms in total. The molecule has 0 amide bonds. The van der Waals surface area contributed by atoms with Crippen molar-refractivity contribution in [1.29, 1.82) is 0 Å². The van der Waals surface area contributed by atoms with Gasteiger partial charge in [0.05, 0.1) is 8.67 Å². The second-order valence-electron chi connectivity index (χ2n) is 3.95. The van der Waals surface area contributed by atoms with Crippen LogP contribution in [-0.4, -0.2) is 7.05 Å². The van der Waals surface area contributed by atoms with Crippen molar-refractivity contribution in [1.82, 2.24) is 5.32 Å². The Morgan fingerprint density at radius 1 is 1.17 bits per heavy atom. The van der Waals surface area contributed by atoms with Gasteiger partial charge in [0.25, 0.3) is 0 Å². The highest BCUT2D eigenvalue weighted by Gasteiger charge is 2.16. The Balaban J connectivity index is 2.19. The van der Waals surface area contributed by atoms with Crippen LogP contribution in [0.2, 0.25) is 13.7 Å². The zero-order valence-electron chi connectivity index (χ0n) is 9.71. The van der Waals surface area contributed by atoms with E-state index in [1.54, 1.807) is 0 Å². The summed E-state index contributed by atoms with van der Waals surface area (Å²) in [6, 6.07) is 9.91. The first-order valence-electron chi connectivity index (χ1n) is 5.46. The van der Waals surface area contributed by atoms with Crippen molar-refractivity contribution in [2.24, 2.45) is 0 Å². The third-order valence-electron chi connectivity index (χ3n) is 2.76. The maximum absolute atomic E-state index is 6.18. The number of benzene rings is 1. The Bertz CT molecular complexity index is 522. The molecule has 2 aromatic rings. The number of hydrogen-bond acceptors (Lipinski definition) is 2. The minimum Gasteiger partial charge on any atom is -0.313 e.